The Morgan fingerprint density at radius 2 is 2.07 bits per heavy atom. The maximum Gasteiger partial charge on any atom is 0.0599 e. The maximum absolute atomic E-state index is 5.66. The molecule has 3 heteroatoms. The molecular formula is C12H24N2O. The summed E-state index contributed by atoms with van der Waals surface area (Å²) in [5, 5.41) is 3.57. The van der Waals surface area contributed by atoms with E-state index in [0.29, 0.717) is 6.10 Å². The van der Waals surface area contributed by atoms with Crippen LogP contribution >= 0.6 is 0 Å². The molecule has 1 N–H and O–H groups in total. The predicted molar refractivity (Wildman–Crippen MR) is 62.1 cm³/mol. The molecule has 3 nitrogen and oxygen atoms in total. The Hall–Kier alpha value is -0.120. The molecule has 0 spiro atoms. The van der Waals surface area contributed by atoms with Crippen molar-refractivity contribution in [1.82, 2.24) is 10.2 Å². The Labute approximate surface area is 93.2 Å². The van der Waals surface area contributed by atoms with Gasteiger partial charge in [0.05, 0.1) is 6.10 Å². The number of hydrogen-bond acceptors (Lipinski definition) is 3. The Morgan fingerprint density at radius 3 is 2.67 bits per heavy atom. The van der Waals surface area contributed by atoms with Gasteiger partial charge >= 0.3 is 0 Å². The molecule has 0 aromatic heterocycles. The largest absolute Gasteiger partial charge is 0.378 e. The third-order valence-corrected chi connectivity index (χ3v) is 3.58. The highest BCUT2D eigenvalue weighted by atomic mass is 16.5. The molecule has 2 aliphatic rings. The summed E-state index contributed by atoms with van der Waals surface area (Å²) in [5.41, 5.74) is 0. The summed E-state index contributed by atoms with van der Waals surface area (Å²) in [5.74, 6) is 0. The minimum atomic E-state index is 0.530. The number of piperidine rings is 1. The van der Waals surface area contributed by atoms with E-state index in [4.69, 9.17) is 4.74 Å². The van der Waals surface area contributed by atoms with E-state index < -0.39 is 0 Å². The molecule has 0 bridgehead atoms. The average Bonchev–Trinajstić information content (AvgIpc) is 2.74. The summed E-state index contributed by atoms with van der Waals surface area (Å²) in [6.45, 7) is 7.88. The molecule has 1 unspecified atom stereocenters. The number of hydrogen-bond donors (Lipinski definition) is 1. The van der Waals surface area contributed by atoms with Crippen molar-refractivity contribution in [2.45, 2.75) is 44.8 Å². The van der Waals surface area contributed by atoms with Gasteiger partial charge in [0.15, 0.2) is 0 Å². The first-order valence-corrected chi connectivity index (χ1v) is 6.46. The molecule has 15 heavy (non-hydrogen) atoms. The minimum Gasteiger partial charge on any atom is -0.378 e. The van der Waals surface area contributed by atoms with E-state index in [9.17, 15) is 0 Å². The molecule has 0 aromatic carbocycles. The standard InChI is InChI=1S/C12H24N2O/c1-2-15-12-5-8-14(9-6-12)10-11-4-3-7-13-11/h11-13H,2-10H2,1H3. The first kappa shape index (κ1) is 11.4. The van der Waals surface area contributed by atoms with Crippen LogP contribution in [-0.2, 0) is 4.74 Å². The van der Waals surface area contributed by atoms with Gasteiger partial charge in [-0.15, -0.1) is 0 Å². The van der Waals surface area contributed by atoms with E-state index in [1.165, 1.54) is 51.9 Å². The minimum absolute atomic E-state index is 0.530. The Balaban J connectivity index is 1.64. The monoisotopic (exact) mass is 212 g/mol. The van der Waals surface area contributed by atoms with Crippen LogP contribution in [0, 0.1) is 0 Å². The van der Waals surface area contributed by atoms with Crippen molar-refractivity contribution < 1.29 is 4.74 Å². The summed E-state index contributed by atoms with van der Waals surface area (Å²) in [7, 11) is 0. The topological polar surface area (TPSA) is 24.5 Å². The molecule has 0 amide bonds. The second-order valence-electron chi connectivity index (χ2n) is 4.75. The van der Waals surface area contributed by atoms with Crippen LogP contribution in [0.3, 0.4) is 0 Å². The second-order valence-corrected chi connectivity index (χ2v) is 4.75. The van der Waals surface area contributed by atoms with Crippen LogP contribution in [0.5, 0.6) is 0 Å². The molecule has 2 aliphatic heterocycles. The van der Waals surface area contributed by atoms with E-state index in [0.717, 1.165) is 12.6 Å². The van der Waals surface area contributed by atoms with Gasteiger partial charge in [-0.25, -0.2) is 0 Å². The lowest BCUT2D eigenvalue weighted by Crippen LogP contribution is -2.43. The van der Waals surface area contributed by atoms with Gasteiger partial charge in [0.1, 0.15) is 0 Å². The fraction of sp³-hybridized carbons (Fsp3) is 1.00. The number of likely N-dealkylation sites (tertiary alicyclic amines) is 1. The summed E-state index contributed by atoms with van der Waals surface area (Å²) < 4.78 is 5.66. The zero-order valence-corrected chi connectivity index (χ0v) is 9.87. The van der Waals surface area contributed by atoms with Gasteiger partial charge in [0.25, 0.3) is 0 Å². The van der Waals surface area contributed by atoms with Gasteiger partial charge in [-0.3, -0.25) is 0 Å². The highest BCUT2D eigenvalue weighted by molar-refractivity contribution is 4.80. The van der Waals surface area contributed by atoms with Crippen molar-refractivity contribution in [1.29, 1.82) is 0 Å². The van der Waals surface area contributed by atoms with Crippen molar-refractivity contribution in [2.75, 3.05) is 32.8 Å². The summed E-state index contributed by atoms with van der Waals surface area (Å²) >= 11 is 0. The quantitative estimate of drug-likeness (QED) is 0.759. The van der Waals surface area contributed by atoms with Crippen molar-refractivity contribution in [3.05, 3.63) is 0 Å². The lowest BCUT2D eigenvalue weighted by Gasteiger charge is -2.33. The van der Waals surface area contributed by atoms with E-state index in [1.807, 2.05) is 0 Å². The fourth-order valence-corrected chi connectivity index (χ4v) is 2.72. The molecule has 2 heterocycles. The van der Waals surface area contributed by atoms with Crippen LogP contribution in [0.15, 0.2) is 0 Å². The summed E-state index contributed by atoms with van der Waals surface area (Å²) in [4.78, 5) is 2.60. The third-order valence-electron chi connectivity index (χ3n) is 3.58. The van der Waals surface area contributed by atoms with E-state index >= 15 is 0 Å². The van der Waals surface area contributed by atoms with Gasteiger partial charge in [0.2, 0.25) is 0 Å². The number of ether oxygens (including phenoxy) is 1. The Kier molecular flexibility index (Phi) is 4.42. The molecule has 2 rings (SSSR count). The molecule has 2 fully saturated rings. The van der Waals surface area contributed by atoms with Gasteiger partial charge in [-0.2, -0.15) is 0 Å². The highest BCUT2D eigenvalue weighted by Crippen LogP contribution is 2.15. The molecule has 0 radical (unpaired) electrons. The first-order valence-electron chi connectivity index (χ1n) is 6.46. The van der Waals surface area contributed by atoms with E-state index in [-0.39, 0.29) is 0 Å². The lowest BCUT2D eigenvalue weighted by molar-refractivity contribution is 0.0128. The van der Waals surface area contributed by atoms with Crippen molar-refractivity contribution >= 4 is 0 Å². The predicted octanol–water partition coefficient (Wildman–Crippen LogP) is 1.24. The number of nitrogens with zero attached hydrogens (tertiary/aromatic N) is 1. The van der Waals surface area contributed by atoms with Crippen LogP contribution in [-0.4, -0.2) is 49.8 Å². The SMILES string of the molecule is CCOC1CCN(CC2CCCN2)CC1. The van der Waals surface area contributed by atoms with Crippen LogP contribution in [0.4, 0.5) is 0 Å². The summed E-state index contributed by atoms with van der Waals surface area (Å²) in [6.07, 6.45) is 5.70. The van der Waals surface area contributed by atoms with Crippen molar-refractivity contribution in [2.24, 2.45) is 0 Å². The zero-order valence-electron chi connectivity index (χ0n) is 9.87. The van der Waals surface area contributed by atoms with Crippen LogP contribution in [0.2, 0.25) is 0 Å². The van der Waals surface area contributed by atoms with E-state index in [1.54, 1.807) is 0 Å². The molecule has 0 aromatic rings. The second kappa shape index (κ2) is 5.83. The zero-order chi connectivity index (χ0) is 10.5. The van der Waals surface area contributed by atoms with Gasteiger partial charge in [-0.05, 0) is 39.2 Å². The molecule has 0 aliphatic carbocycles. The molecule has 88 valence electrons. The van der Waals surface area contributed by atoms with Crippen LogP contribution in [0.1, 0.15) is 32.6 Å². The van der Waals surface area contributed by atoms with Crippen LogP contribution < -0.4 is 5.32 Å². The summed E-state index contributed by atoms with van der Waals surface area (Å²) in [6, 6.07) is 0.758. The molecule has 2 saturated heterocycles. The first-order chi connectivity index (χ1) is 7.38. The van der Waals surface area contributed by atoms with E-state index in [2.05, 4.69) is 17.1 Å². The normalized spacial score (nSPS) is 29.8. The lowest BCUT2D eigenvalue weighted by atomic mass is 10.1. The fourth-order valence-electron chi connectivity index (χ4n) is 2.72. The van der Waals surface area contributed by atoms with Gasteiger partial charge in [-0.1, -0.05) is 0 Å². The Bertz CT molecular complexity index is 172. The van der Waals surface area contributed by atoms with Crippen molar-refractivity contribution in [3.63, 3.8) is 0 Å². The van der Waals surface area contributed by atoms with Crippen LogP contribution in [0.25, 0.3) is 0 Å². The smallest absolute Gasteiger partial charge is 0.0599 e. The highest BCUT2D eigenvalue weighted by Gasteiger charge is 2.22. The van der Waals surface area contributed by atoms with Crippen molar-refractivity contribution in [3.8, 4) is 0 Å². The molecule has 1 atom stereocenters. The third kappa shape index (κ3) is 3.44. The van der Waals surface area contributed by atoms with Gasteiger partial charge < -0.3 is 15.0 Å². The molecular weight excluding hydrogens is 188 g/mol. The molecule has 0 saturated carbocycles. The number of rotatable bonds is 4. The number of nitrogens with one attached hydrogen (secondary N) is 1. The average molecular weight is 212 g/mol. The Morgan fingerprint density at radius 1 is 1.27 bits per heavy atom. The maximum atomic E-state index is 5.66. The van der Waals surface area contributed by atoms with Gasteiger partial charge in [0, 0.05) is 32.3 Å².